The Morgan fingerprint density at radius 3 is 1.44 bits per heavy atom. The van der Waals surface area contributed by atoms with Crippen molar-refractivity contribution in [1.29, 1.82) is 0 Å². The van der Waals surface area contributed by atoms with Crippen LogP contribution in [0.2, 0.25) is 0 Å². The average Bonchev–Trinajstić information content (AvgIpc) is 3.28. The van der Waals surface area contributed by atoms with Gasteiger partial charge in [0.25, 0.3) is 0 Å². The Labute approximate surface area is 106 Å². The quantitative estimate of drug-likeness (QED) is 0.379. The molecular formula is C12H20N2O4. The molecule has 2 aliphatic rings. The molecule has 0 aromatic heterocycles. The molecular weight excluding hydrogens is 236 g/mol. The van der Waals surface area contributed by atoms with E-state index in [1.807, 2.05) is 0 Å². The zero-order chi connectivity index (χ0) is 13.2. The first-order valence-corrected chi connectivity index (χ1v) is 6.21. The van der Waals surface area contributed by atoms with Gasteiger partial charge in [-0.15, -0.1) is 0 Å². The summed E-state index contributed by atoms with van der Waals surface area (Å²) in [5.74, 6) is -0.322. The maximum atomic E-state index is 11.5. The van der Waals surface area contributed by atoms with Crippen LogP contribution in [-0.4, -0.2) is 39.2 Å². The fraction of sp³-hybridized carbons (Fsp3) is 0.833. The molecule has 0 unspecified atom stereocenters. The first-order valence-electron chi connectivity index (χ1n) is 6.21. The maximum Gasteiger partial charge on any atom is 0.313 e. The number of hydrogen-bond donors (Lipinski definition) is 2. The average molecular weight is 256 g/mol. The van der Waals surface area contributed by atoms with Gasteiger partial charge in [-0.2, -0.15) is 0 Å². The van der Waals surface area contributed by atoms with E-state index in [1.165, 1.54) is 14.2 Å². The number of hydrazine groups is 1. The molecule has 6 nitrogen and oxygen atoms in total. The van der Waals surface area contributed by atoms with Crippen LogP contribution in [0.4, 0.5) is 0 Å². The van der Waals surface area contributed by atoms with E-state index in [1.54, 1.807) is 0 Å². The lowest BCUT2D eigenvalue weighted by atomic mass is 10.1. The van der Waals surface area contributed by atoms with Gasteiger partial charge in [0.15, 0.2) is 0 Å². The predicted molar refractivity (Wildman–Crippen MR) is 63.4 cm³/mol. The molecule has 0 spiro atoms. The summed E-state index contributed by atoms with van der Waals surface area (Å²) in [6, 6.07) is 0. The third-order valence-corrected chi connectivity index (χ3v) is 3.92. The number of rotatable bonds is 7. The second-order valence-electron chi connectivity index (χ2n) is 5.25. The van der Waals surface area contributed by atoms with E-state index in [0.29, 0.717) is 13.1 Å². The molecule has 2 rings (SSSR count). The second kappa shape index (κ2) is 4.85. The highest BCUT2D eigenvalue weighted by Gasteiger charge is 2.52. The smallest absolute Gasteiger partial charge is 0.313 e. The summed E-state index contributed by atoms with van der Waals surface area (Å²) in [5, 5.41) is 0. The molecule has 6 heteroatoms. The summed E-state index contributed by atoms with van der Waals surface area (Å²) in [7, 11) is 2.82. The van der Waals surface area contributed by atoms with Crippen molar-refractivity contribution in [3.8, 4) is 0 Å². The topological polar surface area (TPSA) is 76.7 Å². The van der Waals surface area contributed by atoms with E-state index in [-0.39, 0.29) is 22.8 Å². The lowest BCUT2D eigenvalue weighted by Crippen LogP contribution is -2.43. The van der Waals surface area contributed by atoms with Crippen molar-refractivity contribution < 1.29 is 19.1 Å². The summed E-state index contributed by atoms with van der Waals surface area (Å²) in [4.78, 5) is 23.0. The third-order valence-electron chi connectivity index (χ3n) is 3.92. The zero-order valence-corrected chi connectivity index (χ0v) is 10.9. The molecule has 2 fully saturated rings. The van der Waals surface area contributed by atoms with Crippen molar-refractivity contribution in [1.82, 2.24) is 10.9 Å². The second-order valence-corrected chi connectivity index (χ2v) is 5.25. The fourth-order valence-corrected chi connectivity index (χ4v) is 2.10. The SMILES string of the molecule is COC(=O)C1(CNNCC2(C(=O)OC)CC2)CC1. The molecule has 0 amide bonds. The van der Waals surface area contributed by atoms with Gasteiger partial charge in [0, 0.05) is 13.1 Å². The predicted octanol–water partition coefficient (Wildman–Crippen LogP) is -0.0130. The first-order chi connectivity index (χ1) is 8.58. The normalized spacial score (nSPS) is 22.1. The van der Waals surface area contributed by atoms with Crippen molar-refractivity contribution in [3.63, 3.8) is 0 Å². The van der Waals surface area contributed by atoms with Gasteiger partial charge in [0.1, 0.15) is 0 Å². The van der Waals surface area contributed by atoms with Crippen LogP contribution in [0.25, 0.3) is 0 Å². The Morgan fingerprint density at radius 1 is 0.889 bits per heavy atom. The van der Waals surface area contributed by atoms with Crippen LogP contribution >= 0.6 is 0 Å². The van der Waals surface area contributed by atoms with Crippen molar-refractivity contribution >= 4 is 11.9 Å². The van der Waals surface area contributed by atoms with E-state index < -0.39 is 0 Å². The van der Waals surface area contributed by atoms with E-state index in [9.17, 15) is 9.59 Å². The first kappa shape index (κ1) is 13.3. The molecule has 0 bridgehead atoms. The lowest BCUT2D eigenvalue weighted by Gasteiger charge is -2.17. The molecule has 102 valence electrons. The van der Waals surface area contributed by atoms with Crippen molar-refractivity contribution in [3.05, 3.63) is 0 Å². The summed E-state index contributed by atoms with van der Waals surface area (Å²) >= 11 is 0. The van der Waals surface area contributed by atoms with E-state index in [4.69, 9.17) is 9.47 Å². The van der Waals surface area contributed by atoms with Crippen LogP contribution in [0.1, 0.15) is 25.7 Å². The number of carbonyl (C=O) groups is 2. The van der Waals surface area contributed by atoms with Gasteiger partial charge in [-0.1, -0.05) is 0 Å². The molecule has 0 aromatic rings. The zero-order valence-electron chi connectivity index (χ0n) is 10.9. The summed E-state index contributed by atoms with van der Waals surface area (Å²) in [6.45, 7) is 1.08. The number of methoxy groups -OCH3 is 2. The maximum absolute atomic E-state index is 11.5. The van der Waals surface area contributed by atoms with Gasteiger partial charge >= 0.3 is 11.9 Å². The monoisotopic (exact) mass is 256 g/mol. The van der Waals surface area contributed by atoms with Crippen LogP contribution in [0.3, 0.4) is 0 Å². The van der Waals surface area contributed by atoms with Crippen molar-refractivity contribution in [2.45, 2.75) is 25.7 Å². The Hall–Kier alpha value is -1.14. The highest BCUT2D eigenvalue weighted by molar-refractivity contribution is 5.80. The molecule has 2 N–H and O–H groups in total. The van der Waals surface area contributed by atoms with Crippen molar-refractivity contribution in [2.75, 3.05) is 27.3 Å². The third kappa shape index (κ3) is 2.49. The molecule has 2 aliphatic carbocycles. The minimum absolute atomic E-state index is 0.161. The van der Waals surface area contributed by atoms with Crippen LogP contribution in [0, 0.1) is 10.8 Å². The van der Waals surface area contributed by atoms with Crippen LogP contribution in [-0.2, 0) is 19.1 Å². The minimum Gasteiger partial charge on any atom is -0.469 e. The van der Waals surface area contributed by atoms with Gasteiger partial charge in [-0.05, 0) is 25.7 Å². The van der Waals surface area contributed by atoms with E-state index in [0.717, 1.165) is 25.7 Å². The molecule has 0 aromatic carbocycles. The van der Waals surface area contributed by atoms with Gasteiger partial charge in [0.05, 0.1) is 25.0 Å². The molecule has 0 radical (unpaired) electrons. The standard InChI is InChI=1S/C12H20N2O4/c1-17-9(15)11(3-4-11)7-13-14-8-12(5-6-12)10(16)18-2/h13-14H,3-8H2,1-2H3. The van der Waals surface area contributed by atoms with Gasteiger partial charge < -0.3 is 9.47 Å². The number of ether oxygens (including phenoxy) is 2. The van der Waals surface area contributed by atoms with Gasteiger partial charge in [-0.25, -0.2) is 0 Å². The Balaban J connectivity index is 1.68. The molecule has 0 aliphatic heterocycles. The van der Waals surface area contributed by atoms with E-state index >= 15 is 0 Å². The summed E-state index contributed by atoms with van der Waals surface area (Å²) < 4.78 is 9.53. The molecule has 0 atom stereocenters. The van der Waals surface area contributed by atoms with Gasteiger partial charge in [0.2, 0.25) is 0 Å². The van der Waals surface area contributed by atoms with Gasteiger partial charge in [-0.3, -0.25) is 20.4 Å². The van der Waals surface area contributed by atoms with Crippen molar-refractivity contribution in [2.24, 2.45) is 10.8 Å². The molecule has 2 saturated carbocycles. The number of carbonyl (C=O) groups excluding carboxylic acids is 2. The number of hydrogen-bond acceptors (Lipinski definition) is 6. The van der Waals surface area contributed by atoms with Crippen LogP contribution < -0.4 is 10.9 Å². The fourth-order valence-electron chi connectivity index (χ4n) is 2.10. The molecule has 0 heterocycles. The lowest BCUT2D eigenvalue weighted by molar-refractivity contribution is -0.148. The molecule has 0 saturated heterocycles. The summed E-state index contributed by atoms with van der Waals surface area (Å²) in [6.07, 6.45) is 3.43. The Morgan fingerprint density at radius 2 is 1.22 bits per heavy atom. The summed E-state index contributed by atoms with van der Waals surface area (Å²) in [5.41, 5.74) is 5.32. The van der Waals surface area contributed by atoms with Crippen LogP contribution in [0.5, 0.6) is 0 Å². The number of nitrogens with one attached hydrogen (secondary N) is 2. The Kier molecular flexibility index (Phi) is 3.59. The Bertz CT molecular complexity index is 314. The number of esters is 2. The van der Waals surface area contributed by atoms with E-state index in [2.05, 4.69) is 10.9 Å². The highest BCUT2D eigenvalue weighted by atomic mass is 16.5. The molecule has 18 heavy (non-hydrogen) atoms. The van der Waals surface area contributed by atoms with Crippen LogP contribution in [0.15, 0.2) is 0 Å². The largest absolute Gasteiger partial charge is 0.469 e. The minimum atomic E-state index is -0.357. The highest BCUT2D eigenvalue weighted by Crippen LogP contribution is 2.47.